The van der Waals surface area contributed by atoms with Gasteiger partial charge in [0.25, 0.3) is 0 Å². The molecule has 4 nitrogen and oxygen atoms in total. The summed E-state index contributed by atoms with van der Waals surface area (Å²) in [7, 11) is 1.47. The van der Waals surface area contributed by atoms with Crippen LogP contribution >= 0.6 is 22.6 Å². The Kier molecular flexibility index (Phi) is 4.62. The van der Waals surface area contributed by atoms with Crippen LogP contribution in [0, 0.1) is 0 Å². The van der Waals surface area contributed by atoms with E-state index in [4.69, 9.17) is 4.74 Å². The van der Waals surface area contributed by atoms with Crippen LogP contribution in [0.3, 0.4) is 0 Å². The predicted octanol–water partition coefficient (Wildman–Crippen LogP) is 3.97. The molecule has 146 valence electrons. The number of rotatable bonds is 3. The Morgan fingerprint density at radius 1 is 1.39 bits per heavy atom. The first-order chi connectivity index (χ1) is 13.6. The third-order valence-corrected chi connectivity index (χ3v) is 7.74. The van der Waals surface area contributed by atoms with Gasteiger partial charge in [0.2, 0.25) is 0 Å². The summed E-state index contributed by atoms with van der Waals surface area (Å²) >= 11 is 2.48. The summed E-state index contributed by atoms with van der Waals surface area (Å²) in [6.45, 7) is 4.90. The number of ether oxygens (including phenoxy) is 1. The molecule has 1 unspecified atom stereocenters. The fourth-order valence-corrected chi connectivity index (χ4v) is 6.01. The van der Waals surface area contributed by atoms with Crippen LogP contribution in [0.15, 0.2) is 51.2 Å². The lowest BCUT2D eigenvalue weighted by Crippen LogP contribution is -2.50. The number of allylic oxidation sites excluding steroid dienone is 1. The molecule has 0 amide bonds. The number of nitrogens with zero attached hydrogens (tertiary/aromatic N) is 2. The van der Waals surface area contributed by atoms with Gasteiger partial charge in [-0.25, -0.2) is 4.79 Å². The molecular formula is C23H25IN2O2. The summed E-state index contributed by atoms with van der Waals surface area (Å²) in [4.78, 5) is 17.4. The van der Waals surface area contributed by atoms with Crippen molar-refractivity contribution in [1.29, 1.82) is 0 Å². The minimum absolute atomic E-state index is 0.209. The molecule has 1 aliphatic carbocycles. The van der Waals surface area contributed by atoms with E-state index in [0.29, 0.717) is 24.5 Å². The normalized spacial score (nSPS) is 28.3. The van der Waals surface area contributed by atoms with Crippen LogP contribution in [0.1, 0.15) is 30.4 Å². The smallest absolute Gasteiger partial charge is 0.335 e. The zero-order chi connectivity index (χ0) is 19.4. The maximum atomic E-state index is 12.3. The number of carbonyl (C=O) groups excluding carboxylic acids is 1. The van der Waals surface area contributed by atoms with Crippen molar-refractivity contribution in [1.82, 2.24) is 4.90 Å². The van der Waals surface area contributed by atoms with E-state index >= 15 is 0 Å². The van der Waals surface area contributed by atoms with Gasteiger partial charge in [0.05, 0.1) is 25.3 Å². The summed E-state index contributed by atoms with van der Waals surface area (Å²) in [5, 5.41) is 0. The minimum atomic E-state index is -0.209. The number of hydrogen-bond acceptors (Lipinski definition) is 4. The van der Waals surface area contributed by atoms with E-state index in [1.807, 2.05) is 0 Å². The SMILES string of the molecule is C/C=C(\I)CN1CCc2cccc3c2C2[C@@H]1CC=C1C=C(C(=O)OC)CN3[C@@H]12. The van der Waals surface area contributed by atoms with E-state index in [1.54, 1.807) is 0 Å². The molecule has 3 atom stereocenters. The Bertz CT molecular complexity index is 933. The highest BCUT2D eigenvalue weighted by molar-refractivity contribution is 14.1. The maximum absolute atomic E-state index is 12.3. The Labute approximate surface area is 180 Å². The van der Waals surface area contributed by atoms with Crippen LogP contribution in [0.25, 0.3) is 0 Å². The molecule has 3 heterocycles. The summed E-state index contributed by atoms with van der Waals surface area (Å²) in [6, 6.07) is 7.60. The predicted molar refractivity (Wildman–Crippen MR) is 120 cm³/mol. The fraction of sp³-hybridized carbons (Fsp3) is 0.435. The van der Waals surface area contributed by atoms with Gasteiger partial charge < -0.3 is 9.64 Å². The van der Waals surface area contributed by atoms with Gasteiger partial charge in [-0.15, -0.1) is 0 Å². The first-order valence-electron chi connectivity index (χ1n) is 10.0. The maximum Gasteiger partial charge on any atom is 0.335 e. The average Bonchev–Trinajstić information content (AvgIpc) is 2.97. The Hall–Kier alpha value is -1.60. The van der Waals surface area contributed by atoms with Crippen molar-refractivity contribution >= 4 is 34.2 Å². The highest BCUT2D eigenvalue weighted by Crippen LogP contribution is 2.53. The molecule has 4 aliphatic rings. The quantitative estimate of drug-likeness (QED) is 0.477. The van der Waals surface area contributed by atoms with Crippen LogP contribution in [-0.2, 0) is 16.0 Å². The Morgan fingerprint density at radius 2 is 2.25 bits per heavy atom. The molecule has 0 saturated carbocycles. The van der Waals surface area contributed by atoms with Crippen LogP contribution in [0.5, 0.6) is 0 Å². The van der Waals surface area contributed by atoms with E-state index < -0.39 is 0 Å². The number of benzene rings is 1. The number of anilines is 1. The van der Waals surface area contributed by atoms with Gasteiger partial charge in [-0.3, -0.25) is 4.90 Å². The first-order valence-corrected chi connectivity index (χ1v) is 11.1. The van der Waals surface area contributed by atoms with E-state index in [9.17, 15) is 4.79 Å². The van der Waals surface area contributed by atoms with Crippen LogP contribution in [0.4, 0.5) is 5.69 Å². The molecule has 28 heavy (non-hydrogen) atoms. The van der Waals surface area contributed by atoms with Crippen molar-refractivity contribution in [2.24, 2.45) is 0 Å². The molecule has 0 saturated heterocycles. The molecule has 0 radical (unpaired) electrons. The summed E-state index contributed by atoms with van der Waals surface area (Å²) in [6.07, 6.45) is 8.82. The van der Waals surface area contributed by atoms with E-state index in [1.165, 1.54) is 33.1 Å². The second-order valence-electron chi connectivity index (χ2n) is 8.07. The van der Waals surface area contributed by atoms with Crippen molar-refractivity contribution < 1.29 is 9.53 Å². The summed E-state index contributed by atoms with van der Waals surface area (Å²) in [5.41, 5.74) is 6.39. The fourth-order valence-electron chi connectivity index (χ4n) is 5.57. The van der Waals surface area contributed by atoms with Gasteiger partial charge in [0.1, 0.15) is 0 Å². The highest BCUT2D eigenvalue weighted by Gasteiger charge is 2.51. The molecule has 0 spiro atoms. The molecule has 0 bridgehead atoms. The summed E-state index contributed by atoms with van der Waals surface area (Å²) in [5.74, 6) is 0.268. The Morgan fingerprint density at radius 3 is 3.04 bits per heavy atom. The highest BCUT2D eigenvalue weighted by atomic mass is 127. The first kappa shape index (κ1) is 18.4. The van der Waals surface area contributed by atoms with E-state index in [2.05, 4.69) is 75.7 Å². The van der Waals surface area contributed by atoms with Crippen LogP contribution in [-0.4, -0.2) is 49.7 Å². The molecule has 3 aliphatic heterocycles. The van der Waals surface area contributed by atoms with E-state index in [0.717, 1.165) is 31.5 Å². The van der Waals surface area contributed by atoms with Gasteiger partial charge >= 0.3 is 5.97 Å². The summed E-state index contributed by atoms with van der Waals surface area (Å²) < 4.78 is 6.45. The molecule has 1 aromatic rings. The number of methoxy groups -OCH3 is 1. The third kappa shape index (κ3) is 2.70. The average molecular weight is 488 g/mol. The lowest BCUT2D eigenvalue weighted by atomic mass is 9.75. The Balaban J connectivity index is 1.64. The van der Waals surface area contributed by atoms with Crippen molar-refractivity contribution in [2.75, 3.05) is 31.6 Å². The molecule has 5 heteroatoms. The number of hydrogen-bond donors (Lipinski definition) is 0. The van der Waals surface area contributed by atoms with Gasteiger partial charge in [0.15, 0.2) is 0 Å². The topological polar surface area (TPSA) is 32.8 Å². The molecule has 0 N–H and O–H groups in total. The number of esters is 1. The third-order valence-electron chi connectivity index (χ3n) is 6.78. The molecular weight excluding hydrogens is 463 g/mol. The van der Waals surface area contributed by atoms with Gasteiger partial charge in [-0.1, -0.05) is 24.3 Å². The van der Waals surface area contributed by atoms with Crippen molar-refractivity contribution in [3.05, 3.63) is 62.3 Å². The second kappa shape index (κ2) is 7.02. The van der Waals surface area contributed by atoms with Crippen molar-refractivity contribution in [3.8, 4) is 0 Å². The van der Waals surface area contributed by atoms with Gasteiger partial charge in [0, 0.05) is 34.3 Å². The number of fused-ring (bicyclic) bond motifs is 1. The number of carbonyl (C=O) groups is 1. The van der Waals surface area contributed by atoms with Gasteiger partial charge in [-0.2, -0.15) is 0 Å². The van der Waals surface area contributed by atoms with Crippen LogP contribution in [0.2, 0.25) is 0 Å². The molecule has 5 rings (SSSR count). The lowest BCUT2D eigenvalue weighted by molar-refractivity contribution is -0.136. The molecule has 0 aromatic heterocycles. The van der Waals surface area contributed by atoms with Crippen molar-refractivity contribution in [3.63, 3.8) is 0 Å². The van der Waals surface area contributed by atoms with Crippen LogP contribution < -0.4 is 4.90 Å². The zero-order valence-corrected chi connectivity index (χ0v) is 18.5. The zero-order valence-electron chi connectivity index (χ0n) is 16.3. The monoisotopic (exact) mass is 488 g/mol. The number of halogens is 1. The lowest BCUT2D eigenvalue weighted by Gasteiger charge is -2.44. The van der Waals surface area contributed by atoms with Gasteiger partial charge in [-0.05, 0) is 71.2 Å². The van der Waals surface area contributed by atoms with Crippen molar-refractivity contribution in [2.45, 2.75) is 37.8 Å². The standard InChI is InChI=1S/C23H25IN2O2/c1-3-17(24)13-25-10-9-14-5-4-6-19-20(14)21-18(25)8-7-15-11-16(23(27)28-2)12-26(19)22(15)21/h3-7,11,18,21-22H,8-10,12-13H2,1-2H3/b17-3-/t18-,21?,22-/m0/s1. The molecule has 1 aromatic carbocycles. The minimum Gasteiger partial charge on any atom is -0.466 e. The molecule has 0 fully saturated rings. The second-order valence-corrected chi connectivity index (χ2v) is 9.46. The largest absolute Gasteiger partial charge is 0.466 e. The van der Waals surface area contributed by atoms with E-state index in [-0.39, 0.29) is 5.97 Å².